The van der Waals surface area contributed by atoms with Crippen LogP contribution in [0.4, 0.5) is 8.78 Å². The summed E-state index contributed by atoms with van der Waals surface area (Å²) in [5.74, 6) is -3.96. The standard InChI is InChI=1S/C9H6BrClF2O3/c10-4-1-6(12)8(13)7(2-4)16-3-5(11)9(14)15/h1-2,5H,3H2,(H,14,15). The highest BCUT2D eigenvalue weighted by Gasteiger charge is 2.17. The van der Waals surface area contributed by atoms with Gasteiger partial charge in [-0.3, -0.25) is 4.79 Å². The molecule has 1 N–H and O–H groups in total. The van der Waals surface area contributed by atoms with Crippen LogP contribution < -0.4 is 4.74 Å². The molecule has 0 fully saturated rings. The Labute approximate surface area is 103 Å². The van der Waals surface area contributed by atoms with E-state index in [1.807, 2.05) is 0 Å². The number of ether oxygens (including phenoxy) is 1. The van der Waals surface area contributed by atoms with E-state index in [2.05, 4.69) is 15.9 Å². The summed E-state index contributed by atoms with van der Waals surface area (Å²) in [5.41, 5.74) is 0. The number of carbonyl (C=O) groups is 1. The van der Waals surface area contributed by atoms with E-state index in [-0.39, 0.29) is 4.47 Å². The summed E-state index contributed by atoms with van der Waals surface area (Å²) in [6, 6.07) is 2.11. The smallest absolute Gasteiger partial charge is 0.325 e. The summed E-state index contributed by atoms with van der Waals surface area (Å²) in [4.78, 5) is 10.4. The van der Waals surface area contributed by atoms with Gasteiger partial charge in [-0.2, -0.15) is 4.39 Å². The number of carboxylic acids is 1. The molecule has 1 aromatic carbocycles. The van der Waals surface area contributed by atoms with Crippen molar-refractivity contribution in [2.75, 3.05) is 6.61 Å². The van der Waals surface area contributed by atoms with Crippen LogP contribution in [0.2, 0.25) is 0 Å². The van der Waals surface area contributed by atoms with Gasteiger partial charge in [0.1, 0.15) is 6.61 Å². The Kier molecular flexibility index (Phi) is 4.49. The highest BCUT2D eigenvalue weighted by atomic mass is 79.9. The Balaban J connectivity index is 2.78. The molecule has 0 bridgehead atoms. The number of hydrogen-bond donors (Lipinski definition) is 1. The average Bonchev–Trinajstić information content (AvgIpc) is 2.20. The zero-order chi connectivity index (χ0) is 12.3. The minimum atomic E-state index is -1.32. The van der Waals surface area contributed by atoms with Crippen molar-refractivity contribution in [1.29, 1.82) is 0 Å². The van der Waals surface area contributed by atoms with Crippen molar-refractivity contribution in [3.63, 3.8) is 0 Å². The van der Waals surface area contributed by atoms with Crippen LogP contribution in [0.5, 0.6) is 5.75 Å². The number of rotatable bonds is 4. The minimum absolute atomic E-state index is 0.280. The van der Waals surface area contributed by atoms with Crippen molar-refractivity contribution >= 4 is 33.5 Å². The molecule has 0 saturated carbocycles. The first-order valence-corrected chi connectivity index (χ1v) is 5.29. The highest BCUT2D eigenvalue weighted by Crippen LogP contribution is 2.25. The van der Waals surface area contributed by atoms with Crippen molar-refractivity contribution < 1.29 is 23.4 Å². The van der Waals surface area contributed by atoms with Gasteiger partial charge in [-0.05, 0) is 12.1 Å². The molecule has 1 atom stereocenters. The molecule has 0 aliphatic heterocycles. The predicted molar refractivity (Wildman–Crippen MR) is 56.8 cm³/mol. The Morgan fingerprint density at radius 1 is 1.56 bits per heavy atom. The Morgan fingerprint density at radius 2 is 2.19 bits per heavy atom. The van der Waals surface area contributed by atoms with Crippen LogP contribution in [0.25, 0.3) is 0 Å². The van der Waals surface area contributed by atoms with E-state index in [1.165, 1.54) is 6.07 Å². The van der Waals surface area contributed by atoms with Crippen molar-refractivity contribution in [3.8, 4) is 5.75 Å². The molecule has 0 aromatic heterocycles. The van der Waals surface area contributed by atoms with Crippen LogP contribution in [0.15, 0.2) is 16.6 Å². The summed E-state index contributed by atoms with van der Waals surface area (Å²) in [6.45, 7) is -0.455. The van der Waals surface area contributed by atoms with Gasteiger partial charge in [-0.25, -0.2) is 4.39 Å². The fraction of sp³-hybridized carbons (Fsp3) is 0.222. The Bertz CT molecular complexity index is 414. The van der Waals surface area contributed by atoms with Gasteiger partial charge in [0.2, 0.25) is 5.82 Å². The van der Waals surface area contributed by atoms with Gasteiger partial charge >= 0.3 is 5.97 Å². The quantitative estimate of drug-likeness (QED) is 0.686. The second-order valence-corrected chi connectivity index (χ2v) is 4.26. The van der Waals surface area contributed by atoms with Crippen molar-refractivity contribution in [2.24, 2.45) is 0 Å². The van der Waals surface area contributed by atoms with Crippen LogP contribution in [0.1, 0.15) is 0 Å². The average molecular weight is 315 g/mol. The summed E-state index contributed by atoms with van der Waals surface area (Å²) >= 11 is 8.29. The first-order chi connectivity index (χ1) is 7.41. The third-order valence-electron chi connectivity index (χ3n) is 1.61. The van der Waals surface area contributed by atoms with E-state index in [1.54, 1.807) is 0 Å². The second-order valence-electron chi connectivity index (χ2n) is 2.82. The first kappa shape index (κ1) is 13.2. The van der Waals surface area contributed by atoms with Gasteiger partial charge in [-0.15, -0.1) is 11.6 Å². The molecule has 0 spiro atoms. The Hall–Kier alpha value is -0.880. The zero-order valence-corrected chi connectivity index (χ0v) is 10.1. The highest BCUT2D eigenvalue weighted by molar-refractivity contribution is 9.10. The lowest BCUT2D eigenvalue weighted by molar-refractivity contribution is -0.137. The van der Waals surface area contributed by atoms with Gasteiger partial charge in [0, 0.05) is 4.47 Å². The largest absolute Gasteiger partial charge is 0.488 e. The SMILES string of the molecule is O=C(O)C(Cl)COc1cc(Br)cc(F)c1F. The molecule has 0 saturated heterocycles. The molecule has 0 heterocycles. The normalized spacial score (nSPS) is 12.2. The fourth-order valence-corrected chi connectivity index (χ4v) is 1.34. The van der Waals surface area contributed by atoms with Gasteiger partial charge in [0.15, 0.2) is 16.9 Å². The first-order valence-electron chi connectivity index (χ1n) is 4.06. The molecule has 3 nitrogen and oxygen atoms in total. The topological polar surface area (TPSA) is 46.5 Å². The number of aliphatic carboxylic acids is 1. The molecule has 0 amide bonds. The minimum Gasteiger partial charge on any atom is -0.488 e. The lowest BCUT2D eigenvalue weighted by atomic mass is 10.3. The second kappa shape index (κ2) is 5.45. The fourth-order valence-electron chi connectivity index (χ4n) is 0.872. The number of alkyl halides is 1. The summed E-state index contributed by atoms with van der Waals surface area (Å²) in [6.07, 6.45) is 0. The Morgan fingerprint density at radius 3 is 2.75 bits per heavy atom. The molecule has 88 valence electrons. The number of carboxylic acid groups (broad SMARTS) is 1. The summed E-state index contributed by atoms with van der Waals surface area (Å²) in [5, 5.41) is 7.13. The molecule has 0 aliphatic rings. The third kappa shape index (κ3) is 3.31. The maximum Gasteiger partial charge on any atom is 0.325 e. The molecule has 1 unspecified atom stereocenters. The van der Waals surface area contributed by atoms with Crippen LogP contribution in [0, 0.1) is 11.6 Å². The van der Waals surface area contributed by atoms with Crippen LogP contribution >= 0.6 is 27.5 Å². The van der Waals surface area contributed by atoms with E-state index in [9.17, 15) is 13.6 Å². The predicted octanol–water partition coefficient (Wildman–Crippen LogP) is 2.80. The van der Waals surface area contributed by atoms with E-state index >= 15 is 0 Å². The van der Waals surface area contributed by atoms with E-state index in [4.69, 9.17) is 21.4 Å². The van der Waals surface area contributed by atoms with Crippen LogP contribution in [-0.2, 0) is 4.79 Å². The van der Waals surface area contributed by atoms with Crippen molar-refractivity contribution in [3.05, 3.63) is 28.2 Å². The molecule has 1 aromatic rings. The summed E-state index contributed by atoms with van der Waals surface area (Å²) < 4.78 is 31.1. The maximum atomic E-state index is 13.1. The van der Waals surface area contributed by atoms with Gasteiger partial charge in [0.05, 0.1) is 0 Å². The van der Waals surface area contributed by atoms with E-state index < -0.39 is 35.3 Å². The third-order valence-corrected chi connectivity index (χ3v) is 2.38. The number of benzene rings is 1. The van der Waals surface area contributed by atoms with Crippen molar-refractivity contribution in [1.82, 2.24) is 0 Å². The number of halogens is 4. The zero-order valence-electron chi connectivity index (χ0n) is 7.71. The lowest BCUT2D eigenvalue weighted by Gasteiger charge is -2.09. The monoisotopic (exact) mass is 314 g/mol. The molecule has 7 heteroatoms. The molecule has 0 radical (unpaired) electrons. The molecular formula is C9H6BrClF2O3. The van der Waals surface area contributed by atoms with Gasteiger partial charge in [-0.1, -0.05) is 15.9 Å². The molecular weight excluding hydrogens is 309 g/mol. The molecule has 16 heavy (non-hydrogen) atoms. The molecule has 1 rings (SSSR count). The maximum absolute atomic E-state index is 13.1. The van der Waals surface area contributed by atoms with Crippen LogP contribution in [0.3, 0.4) is 0 Å². The van der Waals surface area contributed by atoms with E-state index in [0.29, 0.717) is 0 Å². The van der Waals surface area contributed by atoms with Crippen molar-refractivity contribution in [2.45, 2.75) is 5.38 Å². The summed E-state index contributed by atoms with van der Waals surface area (Å²) in [7, 11) is 0. The van der Waals surface area contributed by atoms with E-state index in [0.717, 1.165) is 6.07 Å². The molecule has 0 aliphatic carbocycles. The number of hydrogen-bond acceptors (Lipinski definition) is 2. The van der Waals surface area contributed by atoms with Gasteiger partial charge in [0.25, 0.3) is 0 Å². The van der Waals surface area contributed by atoms with Crippen LogP contribution in [-0.4, -0.2) is 23.1 Å². The lowest BCUT2D eigenvalue weighted by Crippen LogP contribution is -2.21. The van der Waals surface area contributed by atoms with Gasteiger partial charge < -0.3 is 9.84 Å².